The van der Waals surface area contributed by atoms with Crippen LogP contribution < -0.4 is 5.32 Å². The van der Waals surface area contributed by atoms with Gasteiger partial charge in [0.25, 0.3) is 0 Å². The summed E-state index contributed by atoms with van der Waals surface area (Å²) >= 11 is 0. The quantitative estimate of drug-likeness (QED) is 0.431. The Balaban J connectivity index is 1.61. The Kier molecular flexibility index (Phi) is 5.61. The van der Waals surface area contributed by atoms with E-state index in [-0.39, 0.29) is 18.1 Å². The number of nitrogens with one attached hydrogen (secondary N) is 1. The predicted octanol–water partition coefficient (Wildman–Crippen LogP) is 5.39. The fourth-order valence-corrected chi connectivity index (χ4v) is 4.61. The summed E-state index contributed by atoms with van der Waals surface area (Å²) in [6, 6.07) is 14.0. The summed E-state index contributed by atoms with van der Waals surface area (Å²) in [6.45, 7) is 4.24. The van der Waals surface area contributed by atoms with Gasteiger partial charge in [-0.2, -0.15) is 10.4 Å². The molecular weight excluding hydrogens is 414 g/mol. The van der Waals surface area contributed by atoms with Crippen LogP contribution in [0.1, 0.15) is 56.7 Å². The molecule has 1 fully saturated rings. The smallest absolute Gasteiger partial charge is 0.163 e. The molecule has 1 saturated carbocycles. The van der Waals surface area contributed by atoms with Gasteiger partial charge in [-0.1, -0.05) is 13.8 Å². The molecule has 33 heavy (non-hydrogen) atoms. The van der Waals surface area contributed by atoms with E-state index in [2.05, 4.69) is 30.2 Å². The molecule has 7 heteroatoms. The molecule has 0 aliphatic heterocycles. The first kappa shape index (κ1) is 21.2. The number of nitriles is 1. The molecule has 1 aliphatic rings. The van der Waals surface area contributed by atoms with E-state index in [1.807, 2.05) is 41.1 Å². The molecule has 1 aromatic carbocycles. The molecule has 0 bridgehead atoms. The minimum Gasteiger partial charge on any atom is -0.464 e. The summed E-state index contributed by atoms with van der Waals surface area (Å²) in [5, 5.41) is 28.9. The van der Waals surface area contributed by atoms with Crippen LogP contribution in [-0.2, 0) is 0 Å². The van der Waals surface area contributed by atoms with Crippen LogP contribution in [-0.4, -0.2) is 32.0 Å². The molecule has 2 N–H and O–H groups in total. The van der Waals surface area contributed by atoms with Gasteiger partial charge < -0.3 is 14.8 Å². The number of hydrogen-bond donors (Lipinski definition) is 2. The maximum absolute atomic E-state index is 9.82. The molecule has 0 amide bonds. The number of nitrogens with zero attached hydrogens (tertiary/aromatic N) is 4. The maximum Gasteiger partial charge on any atom is 0.163 e. The average Bonchev–Trinajstić information content (AvgIpc) is 3.49. The summed E-state index contributed by atoms with van der Waals surface area (Å²) < 4.78 is 7.55. The first-order valence-corrected chi connectivity index (χ1v) is 11.5. The van der Waals surface area contributed by atoms with E-state index in [9.17, 15) is 10.4 Å². The van der Waals surface area contributed by atoms with E-state index in [4.69, 9.17) is 9.52 Å². The number of aromatic nitrogens is 3. The summed E-state index contributed by atoms with van der Waals surface area (Å²) in [5.74, 6) is 0.974. The Morgan fingerprint density at radius 2 is 2.00 bits per heavy atom. The zero-order valence-electron chi connectivity index (χ0n) is 18.8. The van der Waals surface area contributed by atoms with Crippen LogP contribution in [0, 0.1) is 11.3 Å². The van der Waals surface area contributed by atoms with Crippen molar-refractivity contribution in [2.45, 2.75) is 57.6 Å². The number of aliphatic hydroxyl groups is 1. The van der Waals surface area contributed by atoms with Gasteiger partial charge in [-0.3, -0.25) is 0 Å². The molecular formula is C26H27N5O2. The Morgan fingerprint density at radius 1 is 1.18 bits per heavy atom. The van der Waals surface area contributed by atoms with Crippen LogP contribution in [0.3, 0.4) is 0 Å². The van der Waals surface area contributed by atoms with Crippen molar-refractivity contribution in [3.05, 3.63) is 60.1 Å². The van der Waals surface area contributed by atoms with Crippen molar-refractivity contribution >= 4 is 16.7 Å². The van der Waals surface area contributed by atoms with E-state index >= 15 is 0 Å². The van der Waals surface area contributed by atoms with E-state index in [0.29, 0.717) is 5.56 Å². The van der Waals surface area contributed by atoms with Crippen LogP contribution in [0.5, 0.6) is 0 Å². The van der Waals surface area contributed by atoms with Crippen molar-refractivity contribution in [2.24, 2.45) is 0 Å². The fraction of sp³-hybridized carbons (Fsp3) is 0.346. The lowest BCUT2D eigenvalue weighted by Crippen LogP contribution is -2.28. The highest BCUT2D eigenvalue weighted by Gasteiger charge is 2.23. The van der Waals surface area contributed by atoms with Crippen molar-refractivity contribution < 1.29 is 9.52 Å². The molecule has 0 spiro atoms. The van der Waals surface area contributed by atoms with Gasteiger partial charge in [0.1, 0.15) is 11.8 Å². The average molecular weight is 442 g/mol. The molecule has 0 radical (unpaired) electrons. The Bertz CT molecular complexity index is 1310. The zero-order chi connectivity index (χ0) is 22.9. The minimum atomic E-state index is -0.218. The lowest BCUT2D eigenvalue weighted by Gasteiger charge is -2.27. The van der Waals surface area contributed by atoms with Crippen molar-refractivity contribution in [3.63, 3.8) is 0 Å². The number of fused-ring (bicyclic) bond motifs is 1. The summed E-state index contributed by atoms with van der Waals surface area (Å²) in [7, 11) is 0. The van der Waals surface area contributed by atoms with E-state index in [1.165, 1.54) is 0 Å². The normalized spacial score (nSPS) is 18.5. The summed E-state index contributed by atoms with van der Waals surface area (Å²) in [5.41, 5.74) is 4.89. The third-order valence-electron chi connectivity index (χ3n) is 6.35. The molecule has 1 aliphatic carbocycles. The SMILES string of the molecule is CC(C)c1nn(-c2ccc(C#N)c(N[C@H]3CC[C@H](O)CC3)c2)c2nccc(-c3ccco3)c12. The van der Waals surface area contributed by atoms with Crippen LogP contribution >= 0.6 is 0 Å². The van der Waals surface area contributed by atoms with Crippen molar-refractivity contribution in [2.75, 3.05) is 5.32 Å². The predicted molar refractivity (Wildman–Crippen MR) is 127 cm³/mol. The fourth-order valence-electron chi connectivity index (χ4n) is 4.61. The maximum atomic E-state index is 9.82. The Morgan fingerprint density at radius 3 is 2.70 bits per heavy atom. The number of aliphatic hydroxyl groups excluding tert-OH is 1. The lowest BCUT2D eigenvalue weighted by atomic mass is 9.93. The monoisotopic (exact) mass is 441 g/mol. The highest BCUT2D eigenvalue weighted by atomic mass is 16.3. The van der Waals surface area contributed by atoms with E-state index in [0.717, 1.165) is 65.1 Å². The van der Waals surface area contributed by atoms with Gasteiger partial charge in [-0.15, -0.1) is 0 Å². The largest absolute Gasteiger partial charge is 0.464 e. The number of anilines is 1. The lowest BCUT2D eigenvalue weighted by molar-refractivity contribution is 0.126. The second-order valence-electron chi connectivity index (χ2n) is 8.98. The van der Waals surface area contributed by atoms with E-state index < -0.39 is 0 Å². The van der Waals surface area contributed by atoms with Gasteiger partial charge in [0.2, 0.25) is 0 Å². The van der Waals surface area contributed by atoms with Gasteiger partial charge >= 0.3 is 0 Å². The topological polar surface area (TPSA) is 99.9 Å². The highest BCUT2D eigenvalue weighted by Crippen LogP contribution is 2.35. The molecule has 3 heterocycles. The molecule has 0 unspecified atom stereocenters. The summed E-state index contributed by atoms with van der Waals surface area (Å²) in [4.78, 5) is 4.67. The van der Waals surface area contributed by atoms with Gasteiger partial charge in [-0.25, -0.2) is 9.67 Å². The van der Waals surface area contributed by atoms with Crippen LogP contribution in [0.2, 0.25) is 0 Å². The standard InChI is InChI=1S/C26H27N5O2/c1-16(2)25-24-21(23-4-3-13-33-23)11-12-28-26(24)31(30-25)19-8-5-17(15-27)22(14-19)29-18-6-9-20(32)10-7-18/h3-5,8,11-14,16,18,20,29,32H,6-7,9-10H2,1-2H3/t18-,20-. The first-order valence-electron chi connectivity index (χ1n) is 11.5. The Hall–Kier alpha value is -3.63. The van der Waals surface area contributed by atoms with Gasteiger partial charge in [0.05, 0.1) is 40.4 Å². The van der Waals surface area contributed by atoms with Gasteiger partial charge in [-0.05, 0) is 68.0 Å². The molecule has 7 nitrogen and oxygen atoms in total. The van der Waals surface area contributed by atoms with Crippen LogP contribution in [0.4, 0.5) is 5.69 Å². The third kappa shape index (κ3) is 3.98. The summed E-state index contributed by atoms with van der Waals surface area (Å²) in [6.07, 6.45) is 6.55. The Labute approximate surface area is 192 Å². The molecule has 4 aromatic rings. The first-order chi connectivity index (χ1) is 16.0. The number of rotatable bonds is 5. The highest BCUT2D eigenvalue weighted by molar-refractivity contribution is 5.94. The van der Waals surface area contributed by atoms with E-state index in [1.54, 1.807) is 12.5 Å². The number of benzene rings is 1. The number of hydrogen-bond acceptors (Lipinski definition) is 6. The van der Waals surface area contributed by atoms with Crippen molar-refractivity contribution in [1.29, 1.82) is 5.26 Å². The van der Waals surface area contributed by atoms with Crippen molar-refractivity contribution in [3.8, 4) is 23.1 Å². The second-order valence-corrected chi connectivity index (χ2v) is 8.98. The van der Waals surface area contributed by atoms with Gasteiger partial charge in [0.15, 0.2) is 5.65 Å². The molecule has 0 atom stereocenters. The minimum absolute atomic E-state index is 0.191. The van der Waals surface area contributed by atoms with Crippen LogP contribution in [0.25, 0.3) is 28.0 Å². The molecule has 3 aromatic heterocycles. The zero-order valence-corrected chi connectivity index (χ0v) is 18.8. The molecule has 5 rings (SSSR count). The van der Waals surface area contributed by atoms with Crippen molar-refractivity contribution in [1.82, 2.24) is 14.8 Å². The second kappa shape index (κ2) is 8.72. The number of furan rings is 1. The van der Waals surface area contributed by atoms with Crippen LogP contribution in [0.15, 0.2) is 53.3 Å². The van der Waals surface area contributed by atoms with Gasteiger partial charge in [0, 0.05) is 17.8 Å². The molecule has 168 valence electrons. The molecule has 0 saturated heterocycles. The third-order valence-corrected chi connectivity index (χ3v) is 6.35. The number of pyridine rings is 1.